The first-order valence-electron chi connectivity index (χ1n) is 8.75. The van der Waals surface area contributed by atoms with Crippen LogP contribution >= 0.6 is 24.0 Å². The van der Waals surface area contributed by atoms with Crippen LogP contribution in [0.4, 0.5) is 0 Å². The highest BCUT2D eigenvalue weighted by Gasteiger charge is 2.14. The van der Waals surface area contributed by atoms with Crippen LogP contribution in [0.15, 0.2) is 29.3 Å². The lowest BCUT2D eigenvalue weighted by Gasteiger charge is -2.28. The van der Waals surface area contributed by atoms with Crippen LogP contribution in [-0.4, -0.2) is 55.2 Å². The van der Waals surface area contributed by atoms with Crippen molar-refractivity contribution in [2.24, 2.45) is 10.7 Å². The van der Waals surface area contributed by atoms with E-state index in [0.29, 0.717) is 12.5 Å². The van der Waals surface area contributed by atoms with Crippen LogP contribution in [0.2, 0.25) is 0 Å². The van der Waals surface area contributed by atoms with Crippen molar-refractivity contribution in [3.05, 3.63) is 35.4 Å². The molecule has 0 spiro atoms. The van der Waals surface area contributed by atoms with Crippen LogP contribution in [-0.2, 0) is 17.8 Å². The molecule has 3 rings (SSSR count). The number of ether oxygens (including phenoxy) is 1. The third kappa shape index (κ3) is 5.60. The number of nitrogens with zero attached hydrogens (tertiary/aromatic N) is 3. The number of benzene rings is 1. The molecule has 6 heteroatoms. The van der Waals surface area contributed by atoms with Gasteiger partial charge in [-0.15, -0.1) is 24.0 Å². The lowest BCUT2D eigenvalue weighted by atomic mass is 10.1. The van der Waals surface area contributed by atoms with E-state index in [0.717, 1.165) is 32.8 Å². The van der Waals surface area contributed by atoms with Crippen molar-refractivity contribution in [3.8, 4) is 0 Å². The fourth-order valence-corrected chi connectivity index (χ4v) is 3.28. The Kier molecular flexibility index (Phi) is 8.28. The highest BCUT2D eigenvalue weighted by Crippen LogP contribution is 2.17. The average Bonchev–Trinajstić information content (AvgIpc) is 2.62. The smallest absolute Gasteiger partial charge is 0.191 e. The summed E-state index contributed by atoms with van der Waals surface area (Å²) in [4.78, 5) is 9.28. The maximum atomic E-state index is 6.14. The zero-order valence-electron chi connectivity index (χ0n) is 14.3. The SMILES string of the molecule is I.NC(=NCc1ccccc1CN1CCCCC1)N1CCOCC1. The lowest BCUT2D eigenvalue weighted by Crippen LogP contribution is -2.44. The Bertz CT molecular complexity index is 526. The summed E-state index contributed by atoms with van der Waals surface area (Å²) < 4.78 is 5.36. The van der Waals surface area contributed by atoms with Crippen molar-refractivity contribution >= 4 is 29.9 Å². The number of likely N-dealkylation sites (tertiary alicyclic amines) is 1. The first kappa shape index (κ1) is 19.5. The molecule has 0 atom stereocenters. The summed E-state index contributed by atoms with van der Waals surface area (Å²) in [6.45, 7) is 7.27. The number of hydrogen-bond acceptors (Lipinski definition) is 3. The monoisotopic (exact) mass is 444 g/mol. The van der Waals surface area contributed by atoms with Gasteiger partial charge in [0.2, 0.25) is 0 Å². The molecular formula is C18H29IN4O. The zero-order chi connectivity index (χ0) is 15.9. The number of aliphatic imine (C=N–C) groups is 1. The van der Waals surface area contributed by atoms with Gasteiger partial charge in [0.1, 0.15) is 0 Å². The summed E-state index contributed by atoms with van der Waals surface area (Å²) in [6.07, 6.45) is 4.02. The van der Waals surface area contributed by atoms with Crippen molar-refractivity contribution in [2.75, 3.05) is 39.4 Å². The van der Waals surface area contributed by atoms with Gasteiger partial charge in [0.15, 0.2) is 5.96 Å². The topological polar surface area (TPSA) is 54.1 Å². The molecule has 5 nitrogen and oxygen atoms in total. The van der Waals surface area contributed by atoms with Crippen molar-refractivity contribution in [3.63, 3.8) is 0 Å². The maximum Gasteiger partial charge on any atom is 0.191 e. The van der Waals surface area contributed by atoms with E-state index < -0.39 is 0 Å². The van der Waals surface area contributed by atoms with E-state index >= 15 is 0 Å². The van der Waals surface area contributed by atoms with E-state index in [1.54, 1.807) is 0 Å². The minimum Gasteiger partial charge on any atom is -0.378 e. The number of rotatable bonds is 4. The maximum absolute atomic E-state index is 6.14. The van der Waals surface area contributed by atoms with Gasteiger partial charge in [0.05, 0.1) is 19.8 Å². The molecule has 2 heterocycles. The molecule has 24 heavy (non-hydrogen) atoms. The summed E-state index contributed by atoms with van der Waals surface area (Å²) in [6, 6.07) is 8.62. The first-order chi connectivity index (χ1) is 11.3. The van der Waals surface area contributed by atoms with Gasteiger partial charge in [-0.1, -0.05) is 30.7 Å². The Morgan fingerprint density at radius 2 is 1.67 bits per heavy atom. The number of piperidine rings is 1. The molecular weight excluding hydrogens is 415 g/mol. The number of guanidine groups is 1. The molecule has 0 aromatic heterocycles. The second kappa shape index (κ2) is 10.2. The average molecular weight is 444 g/mol. The largest absolute Gasteiger partial charge is 0.378 e. The minimum atomic E-state index is 0. The molecule has 134 valence electrons. The predicted octanol–water partition coefficient (Wildman–Crippen LogP) is 2.44. The van der Waals surface area contributed by atoms with E-state index in [4.69, 9.17) is 10.5 Å². The van der Waals surface area contributed by atoms with Gasteiger partial charge in [-0.25, -0.2) is 4.99 Å². The Morgan fingerprint density at radius 1 is 1.00 bits per heavy atom. The van der Waals surface area contributed by atoms with Crippen molar-refractivity contribution in [2.45, 2.75) is 32.4 Å². The molecule has 2 fully saturated rings. The molecule has 2 aliphatic heterocycles. The fraction of sp³-hybridized carbons (Fsp3) is 0.611. The van der Waals surface area contributed by atoms with E-state index in [2.05, 4.69) is 39.1 Å². The number of halogens is 1. The minimum absolute atomic E-state index is 0. The van der Waals surface area contributed by atoms with E-state index in [1.807, 2.05) is 0 Å². The van der Waals surface area contributed by atoms with Gasteiger partial charge < -0.3 is 15.4 Å². The lowest BCUT2D eigenvalue weighted by molar-refractivity contribution is 0.0674. The van der Waals surface area contributed by atoms with Gasteiger partial charge in [-0.05, 0) is 37.1 Å². The molecule has 0 amide bonds. The number of hydrogen-bond donors (Lipinski definition) is 1. The molecule has 2 saturated heterocycles. The van der Waals surface area contributed by atoms with Crippen LogP contribution in [0.1, 0.15) is 30.4 Å². The first-order valence-corrected chi connectivity index (χ1v) is 8.75. The van der Waals surface area contributed by atoms with Crippen LogP contribution in [0, 0.1) is 0 Å². The third-order valence-corrected chi connectivity index (χ3v) is 4.71. The third-order valence-electron chi connectivity index (χ3n) is 4.71. The second-order valence-corrected chi connectivity index (χ2v) is 6.38. The number of morpholine rings is 1. The normalized spacial score (nSPS) is 19.8. The molecule has 1 aromatic rings. The second-order valence-electron chi connectivity index (χ2n) is 6.38. The molecule has 2 N–H and O–H groups in total. The standard InChI is InChI=1S/C18H28N4O.HI/c19-18(22-10-12-23-13-11-22)20-14-16-6-2-3-7-17(16)15-21-8-4-1-5-9-21;/h2-3,6-7H,1,4-5,8-15H2,(H2,19,20);1H. The van der Waals surface area contributed by atoms with Crippen molar-refractivity contribution < 1.29 is 4.74 Å². The summed E-state index contributed by atoms with van der Waals surface area (Å²) >= 11 is 0. The van der Waals surface area contributed by atoms with Gasteiger partial charge in [0.25, 0.3) is 0 Å². The molecule has 0 unspecified atom stereocenters. The van der Waals surface area contributed by atoms with Gasteiger partial charge in [0, 0.05) is 19.6 Å². The van der Waals surface area contributed by atoms with E-state index in [-0.39, 0.29) is 24.0 Å². The Labute approximate surface area is 162 Å². The number of nitrogens with two attached hydrogens (primary N) is 1. The fourth-order valence-electron chi connectivity index (χ4n) is 3.28. The molecule has 0 saturated carbocycles. The molecule has 0 radical (unpaired) electrons. The van der Waals surface area contributed by atoms with Gasteiger partial charge >= 0.3 is 0 Å². The van der Waals surface area contributed by atoms with Crippen molar-refractivity contribution in [1.29, 1.82) is 0 Å². The molecule has 0 bridgehead atoms. The Hall–Kier alpha value is -0.860. The molecule has 2 aliphatic rings. The highest BCUT2D eigenvalue weighted by molar-refractivity contribution is 14.0. The zero-order valence-corrected chi connectivity index (χ0v) is 16.7. The summed E-state index contributed by atoms with van der Waals surface area (Å²) in [5, 5.41) is 0. The van der Waals surface area contributed by atoms with Gasteiger partial charge in [-0.3, -0.25) is 4.90 Å². The summed E-state index contributed by atoms with van der Waals surface area (Å²) in [5.41, 5.74) is 8.81. The Morgan fingerprint density at radius 3 is 2.38 bits per heavy atom. The molecule has 0 aliphatic carbocycles. The highest BCUT2D eigenvalue weighted by atomic mass is 127. The van der Waals surface area contributed by atoms with E-state index in [9.17, 15) is 0 Å². The van der Waals surface area contributed by atoms with Crippen LogP contribution in [0.5, 0.6) is 0 Å². The Balaban J connectivity index is 0.00000208. The summed E-state index contributed by atoms with van der Waals surface area (Å²) in [7, 11) is 0. The van der Waals surface area contributed by atoms with Crippen molar-refractivity contribution in [1.82, 2.24) is 9.80 Å². The van der Waals surface area contributed by atoms with Crippen LogP contribution < -0.4 is 5.73 Å². The van der Waals surface area contributed by atoms with Gasteiger partial charge in [-0.2, -0.15) is 0 Å². The molecule has 1 aromatic carbocycles. The van der Waals surface area contributed by atoms with E-state index in [1.165, 1.54) is 43.5 Å². The van der Waals surface area contributed by atoms with Crippen LogP contribution in [0.25, 0.3) is 0 Å². The predicted molar refractivity (Wildman–Crippen MR) is 109 cm³/mol. The summed E-state index contributed by atoms with van der Waals surface area (Å²) in [5.74, 6) is 0.640. The van der Waals surface area contributed by atoms with Crippen LogP contribution in [0.3, 0.4) is 0 Å². The quantitative estimate of drug-likeness (QED) is 0.441.